The van der Waals surface area contributed by atoms with Crippen LogP contribution in [0.3, 0.4) is 0 Å². The maximum absolute atomic E-state index is 13.5. The molecule has 0 atom stereocenters. The van der Waals surface area contributed by atoms with Crippen LogP contribution in [-0.2, 0) is 6.54 Å². The van der Waals surface area contributed by atoms with Gasteiger partial charge in [-0.1, -0.05) is 29.3 Å². The van der Waals surface area contributed by atoms with Crippen molar-refractivity contribution in [2.24, 2.45) is 0 Å². The van der Waals surface area contributed by atoms with Gasteiger partial charge in [-0.15, -0.1) is 0 Å². The Morgan fingerprint density at radius 2 is 1.68 bits per heavy atom. The number of pyridine rings is 1. The molecule has 2 N–H and O–H groups in total. The molecule has 0 amide bonds. The Hall–Kier alpha value is -3.17. The average molecular weight is 553 g/mol. The van der Waals surface area contributed by atoms with Gasteiger partial charge in [0.1, 0.15) is 5.65 Å². The summed E-state index contributed by atoms with van der Waals surface area (Å²) in [5.74, 6) is 0.345. The molecule has 198 valence electrons. The highest BCUT2D eigenvalue weighted by Crippen LogP contribution is 2.34. The number of nitrogens with one attached hydrogen (secondary N) is 1. The zero-order valence-electron chi connectivity index (χ0n) is 21.6. The maximum Gasteiger partial charge on any atom is 0.229 e. The largest absolute Gasteiger partial charge is 0.389 e. The Labute approximate surface area is 231 Å². The van der Waals surface area contributed by atoms with Gasteiger partial charge in [-0.25, -0.2) is 4.98 Å². The van der Waals surface area contributed by atoms with Crippen molar-refractivity contribution in [1.82, 2.24) is 19.4 Å². The molecule has 0 unspecified atom stereocenters. The van der Waals surface area contributed by atoms with Gasteiger partial charge in [0.15, 0.2) is 0 Å². The van der Waals surface area contributed by atoms with Gasteiger partial charge in [-0.3, -0.25) is 4.79 Å². The van der Waals surface area contributed by atoms with E-state index in [4.69, 9.17) is 23.2 Å². The van der Waals surface area contributed by atoms with E-state index in [-0.39, 0.29) is 12.0 Å². The monoisotopic (exact) mass is 552 g/mol. The second-order valence-electron chi connectivity index (χ2n) is 10.3. The number of rotatable bonds is 6. The van der Waals surface area contributed by atoms with Gasteiger partial charge in [0.25, 0.3) is 0 Å². The fourth-order valence-electron chi connectivity index (χ4n) is 4.65. The van der Waals surface area contributed by atoms with Crippen LogP contribution in [0.2, 0.25) is 10.0 Å². The molecule has 2 aromatic carbocycles. The lowest BCUT2D eigenvalue weighted by atomic mass is 10.0. The van der Waals surface area contributed by atoms with E-state index in [0.717, 1.165) is 31.9 Å². The van der Waals surface area contributed by atoms with Crippen LogP contribution in [0.1, 0.15) is 13.8 Å². The first-order chi connectivity index (χ1) is 18.1. The third-order valence-corrected chi connectivity index (χ3v) is 7.23. The van der Waals surface area contributed by atoms with Gasteiger partial charge < -0.3 is 24.8 Å². The molecular formula is C28H30Cl2N6O2. The minimum Gasteiger partial charge on any atom is -0.389 e. The SMILES string of the molecule is CN1CCN(c2ccc(Nc3ncc4c(=O)c(-c5c(Cl)cccc5Cl)cn(CC(C)(C)O)c4n3)cc2)CC1. The second-order valence-corrected chi connectivity index (χ2v) is 11.1. The first-order valence-corrected chi connectivity index (χ1v) is 13.2. The number of benzene rings is 2. The number of hydrogen-bond acceptors (Lipinski definition) is 7. The molecule has 2 aromatic heterocycles. The fourth-order valence-corrected chi connectivity index (χ4v) is 5.25. The van der Waals surface area contributed by atoms with Crippen LogP contribution >= 0.6 is 23.2 Å². The van der Waals surface area contributed by atoms with Gasteiger partial charge in [-0.2, -0.15) is 4.98 Å². The lowest BCUT2D eigenvalue weighted by Gasteiger charge is -2.34. The summed E-state index contributed by atoms with van der Waals surface area (Å²) in [4.78, 5) is 27.3. The minimum absolute atomic E-state index is 0.190. The molecule has 1 aliphatic rings. The molecule has 0 spiro atoms. The van der Waals surface area contributed by atoms with Crippen molar-refractivity contribution in [3.05, 3.63) is 75.1 Å². The van der Waals surface area contributed by atoms with Crippen molar-refractivity contribution < 1.29 is 5.11 Å². The Bertz CT molecular complexity index is 1500. The summed E-state index contributed by atoms with van der Waals surface area (Å²) in [5.41, 5.74) is 1.81. The van der Waals surface area contributed by atoms with Crippen molar-refractivity contribution >= 4 is 51.6 Å². The predicted molar refractivity (Wildman–Crippen MR) is 155 cm³/mol. The van der Waals surface area contributed by atoms with E-state index in [2.05, 4.69) is 44.3 Å². The number of anilines is 3. The molecule has 1 fully saturated rings. The molecule has 1 aliphatic heterocycles. The molecule has 38 heavy (non-hydrogen) atoms. The number of likely N-dealkylation sites (N-methyl/N-ethyl adjacent to an activating group) is 1. The van der Waals surface area contributed by atoms with Gasteiger partial charge in [0.2, 0.25) is 11.4 Å². The van der Waals surface area contributed by atoms with Crippen molar-refractivity contribution in [3.8, 4) is 11.1 Å². The zero-order chi connectivity index (χ0) is 27.0. The first-order valence-electron chi connectivity index (χ1n) is 12.5. The zero-order valence-corrected chi connectivity index (χ0v) is 23.1. The minimum atomic E-state index is -1.07. The molecular weight excluding hydrogens is 523 g/mol. The number of piperazine rings is 1. The summed E-state index contributed by atoms with van der Waals surface area (Å²) >= 11 is 12.9. The Morgan fingerprint density at radius 1 is 1.03 bits per heavy atom. The molecule has 0 bridgehead atoms. The van der Waals surface area contributed by atoms with E-state index < -0.39 is 5.60 Å². The maximum atomic E-state index is 13.5. The Kier molecular flexibility index (Phi) is 7.33. The first kappa shape index (κ1) is 26.4. The van der Waals surface area contributed by atoms with E-state index in [1.54, 1.807) is 42.8 Å². The van der Waals surface area contributed by atoms with Gasteiger partial charge >= 0.3 is 0 Å². The van der Waals surface area contributed by atoms with Crippen LogP contribution in [-0.4, -0.2) is 63.4 Å². The van der Waals surface area contributed by atoms with E-state index in [9.17, 15) is 9.90 Å². The molecule has 3 heterocycles. The molecule has 0 radical (unpaired) electrons. The molecule has 10 heteroatoms. The molecule has 5 rings (SSSR count). The number of fused-ring (bicyclic) bond motifs is 1. The van der Waals surface area contributed by atoms with Gasteiger partial charge in [-0.05, 0) is 57.3 Å². The quantitative estimate of drug-likeness (QED) is 0.346. The summed E-state index contributed by atoms with van der Waals surface area (Å²) in [6.07, 6.45) is 3.15. The highest BCUT2D eigenvalue weighted by Gasteiger charge is 2.21. The topological polar surface area (TPSA) is 86.5 Å². The smallest absolute Gasteiger partial charge is 0.229 e. The molecule has 1 saturated heterocycles. The molecule has 0 saturated carbocycles. The summed E-state index contributed by atoms with van der Waals surface area (Å²) < 4.78 is 1.75. The molecule has 8 nitrogen and oxygen atoms in total. The van der Waals surface area contributed by atoms with Crippen molar-refractivity contribution in [3.63, 3.8) is 0 Å². The van der Waals surface area contributed by atoms with E-state index in [1.807, 2.05) is 12.1 Å². The lowest BCUT2D eigenvalue weighted by Crippen LogP contribution is -2.44. The normalized spacial score (nSPS) is 14.7. The average Bonchev–Trinajstić information content (AvgIpc) is 2.87. The summed E-state index contributed by atoms with van der Waals surface area (Å²) in [7, 11) is 2.14. The van der Waals surface area contributed by atoms with Crippen LogP contribution in [0.5, 0.6) is 0 Å². The van der Waals surface area contributed by atoms with Crippen LogP contribution in [0.25, 0.3) is 22.2 Å². The number of aliphatic hydroxyl groups is 1. The van der Waals surface area contributed by atoms with Crippen molar-refractivity contribution in [1.29, 1.82) is 0 Å². The summed E-state index contributed by atoms with van der Waals surface area (Å²) in [6, 6.07) is 13.2. The summed E-state index contributed by atoms with van der Waals surface area (Å²) in [6.45, 7) is 7.66. The number of hydrogen-bond donors (Lipinski definition) is 2. The van der Waals surface area contributed by atoms with Crippen LogP contribution in [0.4, 0.5) is 17.3 Å². The third kappa shape index (κ3) is 5.63. The number of nitrogens with zero attached hydrogens (tertiary/aromatic N) is 5. The predicted octanol–water partition coefficient (Wildman–Crippen LogP) is 5.03. The van der Waals surface area contributed by atoms with Crippen molar-refractivity contribution in [2.75, 3.05) is 43.4 Å². The van der Waals surface area contributed by atoms with Crippen LogP contribution < -0.4 is 15.6 Å². The molecule has 0 aliphatic carbocycles. The fraction of sp³-hybridized carbons (Fsp3) is 0.321. The van der Waals surface area contributed by atoms with Gasteiger partial charge in [0.05, 0.1) is 27.6 Å². The Morgan fingerprint density at radius 3 is 2.32 bits per heavy atom. The highest BCUT2D eigenvalue weighted by molar-refractivity contribution is 6.39. The number of aromatic nitrogens is 3. The van der Waals surface area contributed by atoms with E-state index in [1.165, 1.54) is 11.9 Å². The van der Waals surface area contributed by atoms with Crippen LogP contribution in [0.15, 0.2) is 59.7 Å². The summed E-state index contributed by atoms with van der Waals surface area (Å²) in [5, 5.41) is 14.9. The number of halogens is 2. The Balaban J connectivity index is 1.51. The molecule has 4 aromatic rings. The van der Waals surface area contributed by atoms with Crippen LogP contribution in [0, 0.1) is 0 Å². The third-order valence-electron chi connectivity index (χ3n) is 6.60. The highest BCUT2D eigenvalue weighted by atomic mass is 35.5. The standard InChI is InChI=1S/C28H30Cl2N6O2/c1-28(2,38)17-36-16-21(24-22(29)5-4-6-23(24)30)25(37)20-15-31-27(33-26(20)36)32-18-7-9-19(10-8-18)35-13-11-34(3)12-14-35/h4-10,15-16,38H,11-14,17H2,1-3H3,(H,31,32,33). The van der Waals surface area contributed by atoms with E-state index >= 15 is 0 Å². The van der Waals surface area contributed by atoms with E-state index in [0.29, 0.717) is 38.2 Å². The lowest BCUT2D eigenvalue weighted by molar-refractivity contribution is 0.0625. The second kappa shape index (κ2) is 10.5. The van der Waals surface area contributed by atoms with Crippen molar-refractivity contribution in [2.45, 2.75) is 26.0 Å². The van der Waals surface area contributed by atoms with Gasteiger partial charge in [0, 0.05) is 61.1 Å².